The molecule has 1 amide bonds. The van der Waals surface area contributed by atoms with E-state index in [0.717, 1.165) is 17.9 Å². The van der Waals surface area contributed by atoms with Crippen LogP contribution >= 0.6 is 23.1 Å². The topological polar surface area (TPSA) is 42.0 Å². The largest absolute Gasteiger partial charge is 0.302 e. The Labute approximate surface area is 92.3 Å². The summed E-state index contributed by atoms with van der Waals surface area (Å²) in [6, 6.07) is 0. The maximum atomic E-state index is 11.2. The van der Waals surface area contributed by atoms with E-state index in [4.69, 9.17) is 0 Å². The van der Waals surface area contributed by atoms with Crippen LogP contribution in [0.3, 0.4) is 0 Å². The minimum atomic E-state index is 0.0533. The second kappa shape index (κ2) is 6.03. The molecule has 0 radical (unpaired) electrons. The summed E-state index contributed by atoms with van der Waals surface area (Å²) < 4.78 is 0. The lowest BCUT2D eigenvalue weighted by molar-refractivity contribution is -0.116. The first-order valence-corrected chi connectivity index (χ1v) is 6.76. The average molecular weight is 230 g/mol. The number of nitrogens with zero attached hydrogens (tertiary/aromatic N) is 1. The van der Waals surface area contributed by atoms with Gasteiger partial charge in [-0.2, -0.15) is 11.8 Å². The fourth-order valence-electron chi connectivity index (χ4n) is 0.987. The maximum Gasteiger partial charge on any atom is 0.226 e. The van der Waals surface area contributed by atoms with Gasteiger partial charge in [0.2, 0.25) is 5.91 Å². The zero-order valence-electron chi connectivity index (χ0n) is 8.37. The first kappa shape index (κ1) is 11.5. The third-order valence-electron chi connectivity index (χ3n) is 1.57. The van der Waals surface area contributed by atoms with Crippen LogP contribution in [0.2, 0.25) is 0 Å². The van der Waals surface area contributed by atoms with Gasteiger partial charge in [0.15, 0.2) is 5.13 Å². The number of carbonyl (C=O) groups excluding carboxylic acids is 1. The Kier molecular flexibility index (Phi) is 4.97. The van der Waals surface area contributed by atoms with Gasteiger partial charge in [-0.1, -0.05) is 6.92 Å². The van der Waals surface area contributed by atoms with E-state index in [2.05, 4.69) is 10.3 Å². The third-order valence-corrected chi connectivity index (χ3v) is 2.96. The van der Waals surface area contributed by atoms with E-state index in [-0.39, 0.29) is 5.91 Å². The Morgan fingerprint density at radius 3 is 3.14 bits per heavy atom. The number of aromatic nitrogens is 1. The third kappa shape index (κ3) is 3.67. The van der Waals surface area contributed by atoms with Crippen LogP contribution in [0.5, 0.6) is 0 Å². The molecular formula is C9H14N2OS2. The first-order valence-electron chi connectivity index (χ1n) is 4.49. The van der Waals surface area contributed by atoms with Crippen molar-refractivity contribution < 1.29 is 4.79 Å². The predicted molar refractivity (Wildman–Crippen MR) is 62.9 cm³/mol. The van der Waals surface area contributed by atoms with Gasteiger partial charge < -0.3 is 5.32 Å². The number of nitrogens with one attached hydrogen (secondary N) is 1. The van der Waals surface area contributed by atoms with Crippen LogP contribution in [-0.4, -0.2) is 17.1 Å². The minimum Gasteiger partial charge on any atom is -0.302 e. The Morgan fingerprint density at radius 2 is 2.50 bits per heavy atom. The molecule has 0 unspecified atom stereocenters. The summed E-state index contributed by atoms with van der Waals surface area (Å²) >= 11 is 3.22. The second-order valence-electron chi connectivity index (χ2n) is 2.88. The summed E-state index contributed by atoms with van der Waals surface area (Å²) in [6.07, 6.45) is 3.47. The molecule has 0 bridgehead atoms. The van der Waals surface area contributed by atoms with Crippen LogP contribution in [0.25, 0.3) is 0 Å². The predicted octanol–water partition coefficient (Wildman–Crippen LogP) is 2.74. The Morgan fingerprint density at radius 1 is 1.71 bits per heavy atom. The second-order valence-corrected chi connectivity index (χ2v) is 4.60. The molecule has 0 fully saturated rings. The molecule has 0 spiro atoms. The molecule has 78 valence electrons. The fourth-order valence-corrected chi connectivity index (χ4v) is 2.26. The number of rotatable bonds is 5. The maximum absolute atomic E-state index is 11.2. The molecule has 1 aromatic heterocycles. The van der Waals surface area contributed by atoms with E-state index in [1.54, 1.807) is 11.8 Å². The van der Waals surface area contributed by atoms with Crippen molar-refractivity contribution in [3.05, 3.63) is 11.1 Å². The van der Waals surface area contributed by atoms with Crippen LogP contribution in [0.1, 0.15) is 25.5 Å². The Balaban J connectivity index is 2.46. The summed E-state index contributed by atoms with van der Waals surface area (Å²) in [5.41, 5.74) is 1.04. The summed E-state index contributed by atoms with van der Waals surface area (Å²) in [5.74, 6) is 0.956. The van der Waals surface area contributed by atoms with Crippen LogP contribution in [0, 0.1) is 0 Å². The van der Waals surface area contributed by atoms with Gasteiger partial charge in [-0.25, -0.2) is 4.98 Å². The van der Waals surface area contributed by atoms with Crippen molar-refractivity contribution in [2.24, 2.45) is 0 Å². The standard InChI is InChI=1S/C9H14N2OS2/c1-3-4-8(12)11-9-10-7(5-13-2)6-14-9/h6H,3-5H2,1-2H3,(H,10,11,12). The lowest BCUT2D eigenvalue weighted by Gasteiger charge is -1.98. The van der Waals surface area contributed by atoms with E-state index in [1.807, 2.05) is 18.6 Å². The molecule has 0 aliphatic carbocycles. The number of thioether (sulfide) groups is 1. The molecule has 0 saturated carbocycles. The minimum absolute atomic E-state index is 0.0533. The number of thiazole rings is 1. The van der Waals surface area contributed by atoms with Crippen molar-refractivity contribution in [1.29, 1.82) is 0 Å². The molecule has 5 heteroatoms. The summed E-state index contributed by atoms with van der Waals surface area (Å²) in [5, 5.41) is 5.48. The number of amides is 1. The molecule has 14 heavy (non-hydrogen) atoms. The van der Waals surface area contributed by atoms with Gasteiger partial charge in [-0.15, -0.1) is 11.3 Å². The summed E-state index contributed by atoms with van der Waals surface area (Å²) in [6.45, 7) is 1.99. The van der Waals surface area contributed by atoms with Gasteiger partial charge in [0.05, 0.1) is 5.69 Å². The Bertz CT molecular complexity index is 299. The molecule has 0 aliphatic heterocycles. The molecule has 0 aliphatic rings. The monoisotopic (exact) mass is 230 g/mol. The molecule has 1 aromatic rings. The van der Waals surface area contributed by atoms with E-state index >= 15 is 0 Å². The fraction of sp³-hybridized carbons (Fsp3) is 0.556. The number of hydrogen-bond donors (Lipinski definition) is 1. The van der Waals surface area contributed by atoms with E-state index in [0.29, 0.717) is 11.6 Å². The van der Waals surface area contributed by atoms with Crippen molar-refractivity contribution >= 4 is 34.1 Å². The van der Waals surface area contributed by atoms with Gasteiger partial charge >= 0.3 is 0 Å². The molecule has 1 heterocycles. The molecule has 1 N–H and O–H groups in total. The molecule has 0 atom stereocenters. The molecule has 3 nitrogen and oxygen atoms in total. The van der Waals surface area contributed by atoms with Gasteiger partial charge in [0, 0.05) is 17.6 Å². The molecular weight excluding hydrogens is 216 g/mol. The van der Waals surface area contributed by atoms with Crippen molar-refractivity contribution in [2.45, 2.75) is 25.5 Å². The number of hydrogen-bond acceptors (Lipinski definition) is 4. The normalized spacial score (nSPS) is 10.1. The van der Waals surface area contributed by atoms with Crippen molar-refractivity contribution in [3.63, 3.8) is 0 Å². The highest BCUT2D eigenvalue weighted by Crippen LogP contribution is 2.18. The quantitative estimate of drug-likeness (QED) is 0.845. The van der Waals surface area contributed by atoms with Crippen molar-refractivity contribution in [3.8, 4) is 0 Å². The zero-order valence-corrected chi connectivity index (χ0v) is 10.0. The average Bonchev–Trinajstić information content (AvgIpc) is 2.53. The summed E-state index contributed by atoms with van der Waals surface area (Å²) in [7, 11) is 0. The van der Waals surface area contributed by atoms with E-state index < -0.39 is 0 Å². The van der Waals surface area contributed by atoms with Crippen LogP contribution in [0.15, 0.2) is 5.38 Å². The zero-order chi connectivity index (χ0) is 10.4. The highest BCUT2D eigenvalue weighted by molar-refractivity contribution is 7.97. The summed E-state index contributed by atoms with van der Waals surface area (Å²) in [4.78, 5) is 15.5. The van der Waals surface area contributed by atoms with Crippen LogP contribution < -0.4 is 5.32 Å². The Hall–Kier alpha value is -0.550. The van der Waals surface area contributed by atoms with Crippen LogP contribution in [-0.2, 0) is 10.5 Å². The van der Waals surface area contributed by atoms with Gasteiger partial charge in [0.25, 0.3) is 0 Å². The van der Waals surface area contributed by atoms with E-state index in [1.165, 1.54) is 11.3 Å². The first-order chi connectivity index (χ1) is 6.76. The van der Waals surface area contributed by atoms with Crippen molar-refractivity contribution in [1.82, 2.24) is 4.98 Å². The lowest BCUT2D eigenvalue weighted by Crippen LogP contribution is -2.10. The molecule has 1 rings (SSSR count). The van der Waals surface area contributed by atoms with Gasteiger partial charge in [0.1, 0.15) is 0 Å². The lowest BCUT2D eigenvalue weighted by atomic mass is 10.3. The highest BCUT2D eigenvalue weighted by Gasteiger charge is 2.04. The highest BCUT2D eigenvalue weighted by atomic mass is 32.2. The number of carbonyl (C=O) groups is 1. The van der Waals surface area contributed by atoms with E-state index in [9.17, 15) is 4.79 Å². The number of anilines is 1. The molecule has 0 aromatic carbocycles. The van der Waals surface area contributed by atoms with Gasteiger partial charge in [-0.3, -0.25) is 4.79 Å². The van der Waals surface area contributed by atoms with Crippen LogP contribution in [0.4, 0.5) is 5.13 Å². The van der Waals surface area contributed by atoms with Crippen molar-refractivity contribution in [2.75, 3.05) is 11.6 Å². The smallest absolute Gasteiger partial charge is 0.226 e. The van der Waals surface area contributed by atoms with Gasteiger partial charge in [-0.05, 0) is 12.7 Å². The SMILES string of the molecule is CCCC(=O)Nc1nc(CSC)cs1. The molecule has 0 saturated heterocycles.